The zero-order valence-electron chi connectivity index (χ0n) is 11.9. The lowest BCUT2D eigenvalue weighted by Crippen LogP contribution is -2.35. The Kier molecular flexibility index (Phi) is 2.97. The number of nitrogens with zero attached hydrogens (tertiary/aromatic N) is 3. The number of allylic oxidation sites excluding steroid dienone is 1. The molecule has 20 heavy (non-hydrogen) atoms. The lowest BCUT2D eigenvalue weighted by atomic mass is 10.1. The fourth-order valence-corrected chi connectivity index (χ4v) is 2.65. The number of esters is 1. The van der Waals surface area contributed by atoms with Crippen molar-refractivity contribution in [2.24, 2.45) is 4.99 Å². The molecule has 0 bridgehead atoms. The predicted octanol–water partition coefficient (Wildman–Crippen LogP) is 2.15. The zero-order chi connectivity index (χ0) is 14.3. The van der Waals surface area contributed by atoms with Crippen LogP contribution in [0.25, 0.3) is 0 Å². The standard InChI is InChI=1S/C15H17N3O2/c1-4-20-15(19)13-14-10(2)17(3)11-7-5-6-8-12(11)18(14)9-16-13/h5-8H,4,9H2,1-3H3. The van der Waals surface area contributed by atoms with E-state index in [1.807, 2.05) is 32.2 Å². The van der Waals surface area contributed by atoms with Crippen molar-refractivity contribution in [3.05, 3.63) is 35.7 Å². The smallest absolute Gasteiger partial charge is 0.358 e. The molecule has 0 spiro atoms. The van der Waals surface area contributed by atoms with Crippen molar-refractivity contribution in [3.63, 3.8) is 0 Å². The van der Waals surface area contributed by atoms with Crippen molar-refractivity contribution < 1.29 is 9.53 Å². The van der Waals surface area contributed by atoms with Crippen molar-refractivity contribution >= 4 is 23.1 Å². The number of hydrogen-bond acceptors (Lipinski definition) is 5. The maximum Gasteiger partial charge on any atom is 0.358 e. The first-order valence-electron chi connectivity index (χ1n) is 6.68. The Balaban J connectivity index is 2.07. The Morgan fingerprint density at radius 3 is 2.75 bits per heavy atom. The fraction of sp³-hybridized carbons (Fsp3) is 0.333. The minimum atomic E-state index is -0.350. The molecule has 2 aliphatic rings. The van der Waals surface area contributed by atoms with Gasteiger partial charge in [0.25, 0.3) is 0 Å². The first-order valence-corrected chi connectivity index (χ1v) is 6.68. The van der Waals surface area contributed by atoms with Crippen molar-refractivity contribution in [2.75, 3.05) is 30.1 Å². The second-order valence-electron chi connectivity index (χ2n) is 4.78. The minimum absolute atomic E-state index is 0.350. The molecule has 2 aliphatic heterocycles. The van der Waals surface area contributed by atoms with Crippen molar-refractivity contribution in [2.45, 2.75) is 13.8 Å². The Bertz CT molecular complexity index is 634. The van der Waals surface area contributed by atoms with Gasteiger partial charge in [-0.15, -0.1) is 0 Å². The number of rotatable bonds is 2. The summed E-state index contributed by atoms with van der Waals surface area (Å²) in [7, 11) is 2.00. The Morgan fingerprint density at radius 1 is 1.35 bits per heavy atom. The summed E-state index contributed by atoms with van der Waals surface area (Å²) < 4.78 is 5.10. The topological polar surface area (TPSA) is 45.1 Å². The van der Waals surface area contributed by atoms with Crippen LogP contribution >= 0.6 is 0 Å². The Labute approximate surface area is 118 Å². The molecule has 0 aromatic heterocycles. The van der Waals surface area contributed by atoms with E-state index >= 15 is 0 Å². The number of fused-ring (bicyclic) bond motifs is 3. The van der Waals surface area contributed by atoms with Crippen molar-refractivity contribution in [3.8, 4) is 0 Å². The first-order chi connectivity index (χ1) is 9.65. The van der Waals surface area contributed by atoms with Crippen LogP contribution in [0.1, 0.15) is 13.8 Å². The SMILES string of the molecule is CCOC(=O)C1=NCN2C1=C(C)N(C)c1ccccc12. The zero-order valence-corrected chi connectivity index (χ0v) is 11.9. The highest BCUT2D eigenvalue weighted by Gasteiger charge is 2.36. The summed E-state index contributed by atoms with van der Waals surface area (Å²) in [6.07, 6.45) is 0. The number of carbonyl (C=O) groups excluding carboxylic acids is 1. The molecule has 0 fully saturated rings. The molecule has 0 saturated carbocycles. The number of carbonyl (C=O) groups is 1. The van der Waals surface area contributed by atoms with Crippen molar-refractivity contribution in [1.29, 1.82) is 0 Å². The molecule has 3 rings (SSSR count). The van der Waals surface area contributed by atoms with Gasteiger partial charge in [0, 0.05) is 12.7 Å². The molecule has 0 saturated heterocycles. The number of ether oxygens (including phenoxy) is 1. The molecular weight excluding hydrogens is 254 g/mol. The highest BCUT2D eigenvalue weighted by atomic mass is 16.5. The molecular formula is C15H17N3O2. The molecule has 0 amide bonds. The van der Waals surface area contributed by atoms with Crippen LogP contribution in [0.3, 0.4) is 0 Å². The van der Waals surface area contributed by atoms with E-state index in [-0.39, 0.29) is 5.97 Å². The molecule has 0 atom stereocenters. The summed E-state index contributed by atoms with van der Waals surface area (Å²) in [6, 6.07) is 8.12. The van der Waals surface area contributed by atoms with Gasteiger partial charge >= 0.3 is 5.97 Å². The molecule has 1 aromatic rings. The number of anilines is 2. The molecule has 0 unspecified atom stereocenters. The summed E-state index contributed by atoms with van der Waals surface area (Å²) in [5.41, 5.74) is 4.47. The van der Waals surface area contributed by atoms with Crippen LogP contribution in [0.4, 0.5) is 11.4 Å². The largest absolute Gasteiger partial charge is 0.461 e. The molecule has 5 nitrogen and oxygen atoms in total. The summed E-state index contributed by atoms with van der Waals surface area (Å²) in [4.78, 5) is 20.5. The van der Waals surface area contributed by atoms with E-state index in [2.05, 4.69) is 20.9 Å². The molecule has 1 aromatic carbocycles. The van der Waals surface area contributed by atoms with Gasteiger partial charge < -0.3 is 14.5 Å². The Hall–Kier alpha value is -2.30. The molecule has 0 N–H and O–H groups in total. The van der Waals surface area contributed by atoms with E-state index < -0.39 is 0 Å². The summed E-state index contributed by atoms with van der Waals surface area (Å²) in [5, 5.41) is 0. The monoisotopic (exact) mass is 271 g/mol. The average Bonchev–Trinajstić information content (AvgIpc) is 2.90. The number of aliphatic imine (C=N–C) groups is 1. The van der Waals surface area contributed by atoms with Gasteiger partial charge in [0.15, 0.2) is 5.71 Å². The van der Waals surface area contributed by atoms with Crippen LogP contribution < -0.4 is 9.80 Å². The van der Waals surface area contributed by atoms with Crippen molar-refractivity contribution in [1.82, 2.24) is 0 Å². The lowest BCUT2D eigenvalue weighted by molar-refractivity contribution is -0.134. The maximum absolute atomic E-state index is 12.0. The molecule has 2 heterocycles. The quantitative estimate of drug-likeness (QED) is 0.773. The van der Waals surface area contributed by atoms with E-state index in [9.17, 15) is 4.79 Å². The number of benzene rings is 1. The van der Waals surface area contributed by atoms with Crippen LogP contribution in [0.5, 0.6) is 0 Å². The van der Waals surface area contributed by atoms with Gasteiger partial charge in [-0.1, -0.05) is 12.1 Å². The van der Waals surface area contributed by atoms with Gasteiger partial charge in [0.05, 0.1) is 23.7 Å². The Morgan fingerprint density at radius 2 is 2.05 bits per heavy atom. The van der Waals surface area contributed by atoms with Crippen LogP contribution in [-0.2, 0) is 9.53 Å². The number of para-hydroxylation sites is 2. The second-order valence-corrected chi connectivity index (χ2v) is 4.78. The third-order valence-corrected chi connectivity index (χ3v) is 3.71. The van der Waals surface area contributed by atoms with Gasteiger partial charge in [-0.25, -0.2) is 4.79 Å². The van der Waals surface area contributed by atoms with E-state index in [1.54, 1.807) is 6.92 Å². The second kappa shape index (κ2) is 4.67. The lowest BCUT2D eigenvalue weighted by Gasteiger charge is -2.35. The molecule has 104 valence electrons. The van der Waals surface area contributed by atoms with Crippen LogP contribution in [0, 0.1) is 0 Å². The third-order valence-electron chi connectivity index (χ3n) is 3.71. The summed E-state index contributed by atoms with van der Waals surface area (Å²) >= 11 is 0. The van der Waals surface area contributed by atoms with Crippen LogP contribution in [0.2, 0.25) is 0 Å². The molecule has 5 heteroatoms. The van der Waals surface area contributed by atoms with Gasteiger partial charge in [-0.3, -0.25) is 4.99 Å². The van der Waals surface area contributed by atoms with E-state index in [0.717, 1.165) is 22.8 Å². The predicted molar refractivity (Wildman–Crippen MR) is 79.0 cm³/mol. The van der Waals surface area contributed by atoms with E-state index in [0.29, 0.717) is 19.0 Å². The summed E-state index contributed by atoms with van der Waals surface area (Å²) in [6.45, 7) is 4.62. The fourth-order valence-electron chi connectivity index (χ4n) is 2.65. The molecule has 0 radical (unpaired) electrons. The maximum atomic E-state index is 12.0. The normalized spacial score (nSPS) is 16.9. The van der Waals surface area contributed by atoms with E-state index in [1.165, 1.54) is 0 Å². The van der Waals surface area contributed by atoms with Crippen LogP contribution in [-0.4, -0.2) is 32.0 Å². The van der Waals surface area contributed by atoms with Gasteiger partial charge in [-0.05, 0) is 26.0 Å². The highest BCUT2D eigenvalue weighted by molar-refractivity contribution is 6.45. The number of hydrogen-bond donors (Lipinski definition) is 0. The molecule has 0 aliphatic carbocycles. The highest BCUT2D eigenvalue weighted by Crippen LogP contribution is 2.40. The van der Waals surface area contributed by atoms with Gasteiger partial charge in [0.2, 0.25) is 0 Å². The average molecular weight is 271 g/mol. The first kappa shape index (κ1) is 12.7. The third kappa shape index (κ3) is 1.70. The summed E-state index contributed by atoms with van der Waals surface area (Å²) in [5.74, 6) is -0.350. The minimum Gasteiger partial charge on any atom is -0.461 e. The van der Waals surface area contributed by atoms with E-state index in [4.69, 9.17) is 4.74 Å². The van der Waals surface area contributed by atoms with Gasteiger partial charge in [0.1, 0.15) is 6.67 Å². The van der Waals surface area contributed by atoms with Gasteiger partial charge in [-0.2, -0.15) is 0 Å². The van der Waals surface area contributed by atoms with Crippen LogP contribution in [0.15, 0.2) is 40.7 Å².